The van der Waals surface area contributed by atoms with E-state index in [2.05, 4.69) is 28.9 Å². The maximum Gasteiger partial charge on any atom is 0.241 e. The third-order valence-corrected chi connectivity index (χ3v) is 2.75. The van der Waals surface area contributed by atoms with E-state index in [-0.39, 0.29) is 12.4 Å². The summed E-state index contributed by atoms with van der Waals surface area (Å²) in [5.74, 6) is 1.33. The van der Waals surface area contributed by atoms with Crippen molar-refractivity contribution in [2.45, 2.75) is 20.4 Å². The van der Waals surface area contributed by atoms with Gasteiger partial charge in [-0.15, -0.1) is 12.4 Å². The molecule has 0 amide bonds. The zero-order chi connectivity index (χ0) is 12.1. The van der Waals surface area contributed by atoms with Crippen molar-refractivity contribution < 1.29 is 4.52 Å². The number of benzene rings is 1. The number of halogens is 1. The predicted molar refractivity (Wildman–Crippen MR) is 73.6 cm³/mol. The molecule has 4 nitrogen and oxygen atoms in total. The van der Waals surface area contributed by atoms with E-state index >= 15 is 0 Å². The third-order valence-electron chi connectivity index (χ3n) is 2.75. The average molecular weight is 268 g/mol. The molecule has 0 saturated carbocycles. The van der Waals surface area contributed by atoms with Gasteiger partial charge in [-0.05, 0) is 13.1 Å². The summed E-state index contributed by atoms with van der Waals surface area (Å²) in [5, 5.41) is 4.00. The van der Waals surface area contributed by atoms with E-state index in [9.17, 15) is 0 Å². The zero-order valence-electron chi connectivity index (χ0n) is 10.7. The van der Waals surface area contributed by atoms with Crippen LogP contribution in [0.25, 0.3) is 11.4 Å². The molecule has 5 heteroatoms. The number of hydrogen-bond donors (Lipinski definition) is 0. The highest BCUT2D eigenvalue weighted by Gasteiger charge is 2.10. The van der Waals surface area contributed by atoms with E-state index in [1.54, 1.807) is 0 Å². The fourth-order valence-electron chi connectivity index (χ4n) is 1.66. The Labute approximate surface area is 113 Å². The van der Waals surface area contributed by atoms with Gasteiger partial charge in [-0.1, -0.05) is 49.3 Å². The Balaban J connectivity index is 0.00000162. The zero-order valence-corrected chi connectivity index (χ0v) is 11.5. The van der Waals surface area contributed by atoms with Crippen LogP contribution in [0.15, 0.2) is 34.9 Å². The second-order valence-corrected chi connectivity index (χ2v) is 3.84. The lowest BCUT2D eigenvalue weighted by Gasteiger charge is -2.14. The van der Waals surface area contributed by atoms with E-state index in [0.29, 0.717) is 18.3 Å². The van der Waals surface area contributed by atoms with Crippen LogP contribution in [0, 0.1) is 0 Å². The van der Waals surface area contributed by atoms with Gasteiger partial charge in [0.2, 0.25) is 11.7 Å². The Morgan fingerprint density at radius 2 is 1.78 bits per heavy atom. The van der Waals surface area contributed by atoms with Gasteiger partial charge in [-0.2, -0.15) is 4.98 Å². The van der Waals surface area contributed by atoms with E-state index in [0.717, 1.165) is 18.7 Å². The molecule has 0 bridgehead atoms. The molecule has 2 aromatic rings. The first-order chi connectivity index (χ1) is 8.33. The van der Waals surface area contributed by atoms with Gasteiger partial charge in [0.15, 0.2) is 0 Å². The van der Waals surface area contributed by atoms with Crippen LogP contribution < -0.4 is 0 Å². The van der Waals surface area contributed by atoms with Crippen LogP contribution in [0.4, 0.5) is 0 Å². The summed E-state index contributed by atoms with van der Waals surface area (Å²) < 4.78 is 5.25. The molecule has 0 atom stereocenters. The minimum atomic E-state index is 0. The lowest BCUT2D eigenvalue weighted by Crippen LogP contribution is -2.22. The second kappa shape index (κ2) is 7.13. The maximum absolute atomic E-state index is 5.25. The first-order valence-electron chi connectivity index (χ1n) is 5.93. The molecule has 0 saturated heterocycles. The maximum atomic E-state index is 5.25. The number of nitrogens with zero attached hydrogens (tertiary/aromatic N) is 3. The molecular formula is C13H18ClN3O. The molecule has 1 heterocycles. The Hall–Kier alpha value is -1.39. The molecular weight excluding hydrogens is 250 g/mol. The van der Waals surface area contributed by atoms with Gasteiger partial charge in [0.1, 0.15) is 0 Å². The Kier molecular flexibility index (Phi) is 5.82. The fourth-order valence-corrected chi connectivity index (χ4v) is 1.66. The topological polar surface area (TPSA) is 42.2 Å². The van der Waals surface area contributed by atoms with Crippen LogP contribution >= 0.6 is 12.4 Å². The normalized spacial score (nSPS) is 10.4. The molecule has 1 aromatic heterocycles. The SMILES string of the molecule is CCN(CC)Cc1nc(-c2ccccc2)no1.Cl. The molecule has 18 heavy (non-hydrogen) atoms. The predicted octanol–water partition coefficient (Wildman–Crippen LogP) is 3.00. The van der Waals surface area contributed by atoms with Crippen molar-refractivity contribution >= 4 is 12.4 Å². The van der Waals surface area contributed by atoms with Gasteiger partial charge in [0.25, 0.3) is 0 Å². The van der Waals surface area contributed by atoms with E-state index in [1.165, 1.54) is 0 Å². The van der Waals surface area contributed by atoms with E-state index in [1.807, 2.05) is 30.3 Å². The largest absolute Gasteiger partial charge is 0.338 e. The van der Waals surface area contributed by atoms with Crippen molar-refractivity contribution in [3.63, 3.8) is 0 Å². The van der Waals surface area contributed by atoms with Crippen molar-refractivity contribution in [3.8, 4) is 11.4 Å². The van der Waals surface area contributed by atoms with Crippen LogP contribution in [0.1, 0.15) is 19.7 Å². The van der Waals surface area contributed by atoms with Crippen LogP contribution in [0.5, 0.6) is 0 Å². The summed E-state index contributed by atoms with van der Waals surface area (Å²) in [6, 6.07) is 9.87. The van der Waals surface area contributed by atoms with E-state index in [4.69, 9.17) is 4.52 Å². The lowest BCUT2D eigenvalue weighted by atomic mass is 10.2. The monoisotopic (exact) mass is 267 g/mol. The summed E-state index contributed by atoms with van der Waals surface area (Å²) in [4.78, 5) is 6.64. The van der Waals surface area contributed by atoms with Crippen molar-refractivity contribution in [1.82, 2.24) is 15.0 Å². The highest BCUT2D eigenvalue weighted by molar-refractivity contribution is 5.85. The molecule has 0 radical (unpaired) electrons. The Morgan fingerprint density at radius 3 is 2.39 bits per heavy atom. The van der Waals surface area contributed by atoms with Gasteiger partial charge in [0.05, 0.1) is 6.54 Å². The molecule has 0 unspecified atom stereocenters. The quantitative estimate of drug-likeness (QED) is 0.835. The average Bonchev–Trinajstić information content (AvgIpc) is 2.85. The van der Waals surface area contributed by atoms with Gasteiger partial charge < -0.3 is 4.52 Å². The first kappa shape index (κ1) is 14.7. The smallest absolute Gasteiger partial charge is 0.241 e. The summed E-state index contributed by atoms with van der Waals surface area (Å²) in [5.41, 5.74) is 0.988. The minimum Gasteiger partial charge on any atom is -0.338 e. The molecule has 0 aliphatic carbocycles. The summed E-state index contributed by atoms with van der Waals surface area (Å²) in [6.45, 7) is 6.93. The molecule has 0 fully saturated rings. The summed E-state index contributed by atoms with van der Waals surface area (Å²) in [6.07, 6.45) is 0. The van der Waals surface area contributed by atoms with Gasteiger partial charge in [-0.3, -0.25) is 4.90 Å². The van der Waals surface area contributed by atoms with E-state index < -0.39 is 0 Å². The number of aromatic nitrogens is 2. The van der Waals surface area contributed by atoms with Crippen molar-refractivity contribution in [1.29, 1.82) is 0 Å². The number of hydrogen-bond acceptors (Lipinski definition) is 4. The van der Waals surface area contributed by atoms with Crippen LogP contribution in [-0.2, 0) is 6.54 Å². The fraction of sp³-hybridized carbons (Fsp3) is 0.385. The lowest BCUT2D eigenvalue weighted by molar-refractivity contribution is 0.246. The molecule has 98 valence electrons. The standard InChI is InChI=1S/C13H17N3O.ClH/c1-3-16(4-2)10-12-14-13(15-17-12)11-8-6-5-7-9-11;/h5-9H,3-4,10H2,1-2H3;1H. The molecule has 0 spiro atoms. The first-order valence-corrected chi connectivity index (χ1v) is 5.93. The Morgan fingerprint density at radius 1 is 1.11 bits per heavy atom. The van der Waals surface area contributed by atoms with Crippen molar-refractivity contribution in [2.24, 2.45) is 0 Å². The molecule has 1 aromatic carbocycles. The minimum absolute atomic E-state index is 0. The molecule has 2 rings (SSSR count). The van der Waals surface area contributed by atoms with Crippen LogP contribution in [-0.4, -0.2) is 28.1 Å². The van der Waals surface area contributed by atoms with Gasteiger partial charge in [-0.25, -0.2) is 0 Å². The van der Waals surface area contributed by atoms with Crippen LogP contribution in [0.2, 0.25) is 0 Å². The third kappa shape index (κ3) is 3.55. The van der Waals surface area contributed by atoms with Crippen molar-refractivity contribution in [3.05, 3.63) is 36.2 Å². The summed E-state index contributed by atoms with van der Waals surface area (Å²) >= 11 is 0. The molecule has 0 aliphatic heterocycles. The van der Waals surface area contributed by atoms with Crippen molar-refractivity contribution in [2.75, 3.05) is 13.1 Å². The van der Waals surface area contributed by atoms with Gasteiger partial charge in [0, 0.05) is 5.56 Å². The molecule has 0 N–H and O–H groups in total. The summed E-state index contributed by atoms with van der Waals surface area (Å²) in [7, 11) is 0. The highest BCUT2D eigenvalue weighted by atomic mass is 35.5. The number of rotatable bonds is 5. The van der Waals surface area contributed by atoms with Gasteiger partial charge >= 0.3 is 0 Å². The molecule has 0 aliphatic rings. The second-order valence-electron chi connectivity index (χ2n) is 3.84. The van der Waals surface area contributed by atoms with Crippen LogP contribution in [0.3, 0.4) is 0 Å². The Bertz CT molecular complexity index is 454. The highest BCUT2D eigenvalue weighted by Crippen LogP contribution is 2.15.